The quantitative estimate of drug-likeness (QED) is 0.527. The molecule has 2 aromatic heterocycles. The van der Waals surface area contributed by atoms with Gasteiger partial charge in [0, 0.05) is 44.8 Å². The lowest BCUT2D eigenvalue weighted by atomic mass is 10.00. The summed E-state index contributed by atoms with van der Waals surface area (Å²) in [4.78, 5) is 21.5. The van der Waals surface area contributed by atoms with Crippen LogP contribution in [0.2, 0.25) is 0 Å². The van der Waals surface area contributed by atoms with Crippen LogP contribution in [0.4, 0.5) is 18.9 Å². The standard InChI is InChI=1S/C25H26F3N5O/c1-4-17-14-33(22-10-23(34)31(3)21-7-6-16(11-29)30-25(21)22)18(5-2)13-32(17)12-15-8-19(26)24(28)20(27)9-15/h6-10,17-18H,4-5,12-14H2,1-3H3/t17-,18+/m1/s1. The van der Waals surface area contributed by atoms with E-state index in [2.05, 4.69) is 20.9 Å². The van der Waals surface area contributed by atoms with Gasteiger partial charge in [-0.15, -0.1) is 0 Å². The lowest BCUT2D eigenvalue weighted by Gasteiger charge is -2.47. The van der Waals surface area contributed by atoms with Crippen molar-refractivity contribution in [1.29, 1.82) is 5.26 Å². The third-order valence-electron chi connectivity index (χ3n) is 6.67. The van der Waals surface area contributed by atoms with Crippen molar-refractivity contribution < 1.29 is 13.2 Å². The van der Waals surface area contributed by atoms with Gasteiger partial charge in [0.15, 0.2) is 17.5 Å². The van der Waals surface area contributed by atoms with Crippen LogP contribution in [-0.4, -0.2) is 39.6 Å². The minimum atomic E-state index is -1.46. The zero-order chi connectivity index (χ0) is 24.6. The van der Waals surface area contributed by atoms with Gasteiger partial charge in [-0.1, -0.05) is 13.8 Å². The molecule has 0 radical (unpaired) electrons. The third-order valence-corrected chi connectivity index (χ3v) is 6.67. The highest BCUT2D eigenvalue weighted by atomic mass is 19.2. The van der Waals surface area contributed by atoms with E-state index >= 15 is 0 Å². The zero-order valence-electron chi connectivity index (χ0n) is 19.4. The summed E-state index contributed by atoms with van der Waals surface area (Å²) in [5, 5.41) is 9.35. The van der Waals surface area contributed by atoms with Crippen molar-refractivity contribution in [2.24, 2.45) is 7.05 Å². The van der Waals surface area contributed by atoms with Crippen molar-refractivity contribution >= 4 is 16.7 Å². The van der Waals surface area contributed by atoms with Crippen LogP contribution < -0.4 is 10.5 Å². The van der Waals surface area contributed by atoms with E-state index in [9.17, 15) is 23.2 Å². The van der Waals surface area contributed by atoms with Gasteiger partial charge in [-0.25, -0.2) is 18.2 Å². The summed E-state index contributed by atoms with van der Waals surface area (Å²) < 4.78 is 42.5. The first kappa shape index (κ1) is 23.8. The molecule has 1 aliphatic rings. The molecule has 0 spiro atoms. The molecule has 0 saturated carbocycles. The lowest BCUT2D eigenvalue weighted by molar-refractivity contribution is 0.136. The van der Waals surface area contributed by atoms with Crippen LogP contribution in [0, 0.1) is 28.8 Å². The molecule has 6 nitrogen and oxygen atoms in total. The summed E-state index contributed by atoms with van der Waals surface area (Å²) in [5.41, 5.74) is 2.38. The number of hydrogen-bond acceptors (Lipinski definition) is 5. The Labute approximate surface area is 195 Å². The number of nitrogens with zero attached hydrogens (tertiary/aromatic N) is 5. The summed E-state index contributed by atoms with van der Waals surface area (Å²) in [6.07, 6.45) is 1.52. The molecular formula is C25H26F3N5O. The predicted octanol–water partition coefficient (Wildman–Crippen LogP) is 4.10. The van der Waals surface area contributed by atoms with Gasteiger partial charge < -0.3 is 9.47 Å². The molecule has 34 heavy (non-hydrogen) atoms. The van der Waals surface area contributed by atoms with Gasteiger partial charge in [-0.05, 0) is 42.7 Å². The van der Waals surface area contributed by atoms with Crippen molar-refractivity contribution in [2.45, 2.75) is 45.3 Å². The Kier molecular flexibility index (Phi) is 6.62. The smallest absolute Gasteiger partial charge is 0.252 e. The van der Waals surface area contributed by atoms with Gasteiger partial charge >= 0.3 is 0 Å². The minimum Gasteiger partial charge on any atom is -0.364 e. The summed E-state index contributed by atoms with van der Waals surface area (Å²) >= 11 is 0. The number of benzene rings is 1. The van der Waals surface area contributed by atoms with Crippen LogP contribution in [0.3, 0.4) is 0 Å². The van der Waals surface area contributed by atoms with Crippen LogP contribution in [0.25, 0.3) is 11.0 Å². The van der Waals surface area contributed by atoms with Crippen molar-refractivity contribution in [3.8, 4) is 6.07 Å². The highest BCUT2D eigenvalue weighted by Crippen LogP contribution is 2.31. The Morgan fingerprint density at radius 2 is 1.74 bits per heavy atom. The molecule has 0 aliphatic carbocycles. The molecule has 3 heterocycles. The molecule has 178 valence electrons. The summed E-state index contributed by atoms with van der Waals surface area (Å²) in [6, 6.07) is 9.06. The van der Waals surface area contributed by atoms with Crippen LogP contribution >= 0.6 is 0 Å². The average molecular weight is 470 g/mol. The van der Waals surface area contributed by atoms with Gasteiger partial charge in [0.2, 0.25) is 0 Å². The second kappa shape index (κ2) is 9.47. The molecule has 9 heteroatoms. The number of pyridine rings is 2. The number of fused-ring (bicyclic) bond motifs is 1. The number of anilines is 1. The summed E-state index contributed by atoms with van der Waals surface area (Å²) in [5.74, 6) is -3.85. The Morgan fingerprint density at radius 3 is 2.35 bits per heavy atom. The van der Waals surface area contributed by atoms with Gasteiger partial charge in [0.25, 0.3) is 5.56 Å². The molecule has 3 aromatic rings. The minimum absolute atomic E-state index is 0.000732. The Morgan fingerprint density at radius 1 is 1.06 bits per heavy atom. The molecule has 1 aromatic carbocycles. The Bertz CT molecular complexity index is 1310. The lowest BCUT2D eigenvalue weighted by Crippen LogP contribution is -2.58. The number of nitriles is 1. The van der Waals surface area contributed by atoms with Gasteiger partial charge in [-0.2, -0.15) is 5.26 Å². The van der Waals surface area contributed by atoms with Gasteiger partial charge in [0.1, 0.15) is 17.3 Å². The van der Waals surface area contributed by atoms with Crippen LogP contribution in [0.15, 0.2) is 35.1 Å². The fraction of sp³-hybridized carbons (Fsp3) is 0.400. The van der Waals surface area contributed by atoms with Crippen molar-refractivity contribution in [3.05, 3.63) is 69.4 Å². The van der Waals surface area contributed by atoms with Crippen molar-refractivity contribution in [2.75, 3.05) is 18.0 Å². The van der Waals surface area contributed by atoms with Gasteiger partial charge in [-0.3, -0.25) is 9.69 Å². The normalized spacial score (nSPS) is 18.9. The number of hydrogen-bond donors (Lipinski definition) is 0. The fourth-order valence-corrected chi connectivity index (χ4v) is 4.76. The SMILES string of the molecule is CC[C@@H]1CN(c2cc(=O)n(C)c3ccc(C#N)nc23)[C@@H](CC)CN1Cc1cc(F)c(F)c(F)c1. The van der Waals surface area contributed by atoms with E-state index < -0.39 is 17.5 Å². The predicted molar refractivity (Wildman–Crippen MR) is 124 cm³/mol. The number of halogens is 3. The number of aromatic nitrogens is 2. The first-order valence-corrected chi connectivity index (χ1v) is 11.3. The van der Waals surface area contributed by atoms with Crippen LogP contribution in [0.5, 0.6) is 0 Å². The maximum Gasteiger partial charge on any atom is 0.252 e. The maximum absolute atomic E-state index is 13.8. The zero-order valence-corrected chi connectivity index (χ0v) is 19.4. The first-order chi connectivity index (χ1) is 16.3. The third kappa shape index (κ3) is 4.26. The van der Waals surface area contributed by atoms with Crippen LogP contribution in [-0.2, 0) is 13.6 Å². The van der Waals surface area contributed by atoms with Crippen molar-refractivity contribution in [3.63, 3.8) is 0 Å². The Hall–Kier alpha value is -3.38. The molecule has 0 unspecified atom stereocenters. The second-order valence-electron chi connectivity index (χ2n) is 8.68. The highest BCUT2D eigenvalue weighted by Gasteiger charge is 2.34. The van der Waals surface area contributed by atoms with E-state index in [0.29, 0.717) is 35.4 Å². The monoisotopic (exact) mass is 469 g/mol. The number of rotatable bonds is 5. The molecule has 4 rings (SSSR count). The molecule has 0 N–H and O–H groups in total. The largest absolute Gasteiger partial charge is 0.364 e. The van der Waals surface area contributed by atoms with E-state index in [-0.39, 0.29) is 29.9 Å². The molecule has 0 bridgehead atoms. The molecule has 1 aliphatic heterocycles. The maximum atomic E-state index is 13.8. The summed E-state index contributed by atoms with van der Waals surface area (Å²) in [7, 11) is 1.67. The van der Waals surface area contributed by atoms with E-state index in [1.807, 2.05) is 13.8 Å². The average Bonchev–Trinajstić information content (AvgIpc) is 2.84. The molecular weight excluding hydrogens is 443 g/mol. The molecule has 1 saturated heterocycles. The topological polar surface area (TPSA) is 65.2 Å². The van der Waals surface area contributed by atoms with E-state index in [0.717, 1.165) is 25.0 Å². The highest BCUT2D eigenvalue weighted by molar-refractivity contribution is 5.89. The summed E-state index contributed by atoms with van der Waals surface area (Å²) in [6.45, 7) is 5.51. The van der Waals surface area contributed by atoms with E-state index in [1.54, 1.807) is 25.2 Å². The molecule has 1 fully saturated rings. The Balaban J connectivity index is 1.72. The molecule has 0 amide bonds. The van der Waals surface area contributed by atoms with Crippen LogP contribution in [0.1, 0.15) is 37.9 Å². The van der Waals surface area contributed by atoms with Crippen molar-refractivity contribution in [1.82, 2.24) is 14.5 Å². The fourth-order valence-electron chi connectivity index (χ4n) is 4.76. The van der Waals surface area contributed by atoms with Gasteiger partial charge in [0.05, 0.1) is 11.2 Å². The van der Waals surface area contributed by atoms with E-state index in [4.69, 9.17) is 0 Å². The number of piperazine rings is 1. The van der Waals surface area contributed by atoms with E-state index in [1.165, 1.54) is 4.57 Å². The second-order valence-corrected chi connectivity index (χ2v) is 8.68. The molecule has 2 atom stereocenters. The number of aryl methyl sites for hydroxylation is 1. The first-order valence-electron chi connectivity index (χ1n) is 11.3.